The van der Waals surface area contributed by atoms with E-state index in [9.17, 15) is 0 Å². The zero-order valence-electron chi connectivity index (χ0n) is 19.2. The second-order valence-corrected chi connectivity index (χ2v) is 9.55. The lowest BCUT2D eigenvalue weighted by molar-refractivity contribution is 0.346. The molecule has 1 fully saturated rings. The molecular formula is C23H31N7S. The third-order valence-electron chi connectivity index (χ3n) is 5.81. The molecule has 8 heteroatoms. The molecule has 0 atom stereocenters. The second-order valence-electron chi connectivity index (χ2n) is 8.55. The van der Waals surface area contributed by atoms with Crippen molar-refractivity contribution < 1.29 is 0 Å². The minimum Gasteiger partial charge on any atom is -0.372 e. The third kappa shape index (κ3) is 4.21. The molecule has 4 aromatic heterocycles. The fourth-order valence-corrected chi connectivity index (χ4v) is 4.75. The van der Waals surface area contributed by atoms with Gasteiger partial charge < -0.3 is 9.88 Å². The maximum atomic E-state index is 4.79. The van der Waals surface area contributed by atoms with Crippen molar-refractivity contribution in [2.24, 2.45) is 13.0 Å². The quantitative estimate of drug-likeness (QED) is 0.444. The zero-order valence-corrected chi connectivity index (χ0v) is 20.0. The second kappa shape index (κ2) is 8.78. The fourth-order valence-electron chi connectivity index (χ4n) is 3.60. The molecule has 0 radical (unpaired) electrons. The van der Waals surface area contributed by atoms with Crippen molar-refractivity contribution in [1.29, 1.82) is 0 Å². The first kappa shape index (κ1) is 21.5. The average molecular weight is 438 g/mol. The number of thiophene rings is 1. The Morgan fingerprint density at radius 2 is 1.94 bits per heavy atom. The minimum absolute atomic E-state index is 0.334. The number of anilines is 1. The number of rotatable bonds is 4. The van der Waals surface area contributed by atoms with E-state index in [-0.39, 0.29) is 0 Å². The van der Waals surface area contributed by atoms with Crippen molar-refractivity contribution in [3.8, 4) is 22.2 Å². The number of nitrogens with zero attached hydrogens (tertiary/aromatic N) is 6. The predicted molar refractivity (Wildman–Crippen MR) is 129 cm³/mol. The summed E-state index contributed by atoms with van der Waals surface area (Å²) in [5.41, 5.74) is 2.12. The van der Waals surface area contributed by atoms with Gasteiger partial charge in [0.05, 0.1) is 10.3 Å². The van der Waals surface area contributed by atoms with Gasteiger partial charge in [-0.3, -0.25) is 4.68 Å². The first-order chi connectivity index (χ1) is 14.9. The van der Waals surface area contributed by atoms with E-state index in [4.69, 9.17) is 15.1 Å². The molecule has 0 bridgehead atoms. The van der Waals surface area contributed by atoms with Crippen molar-refractivity contribution >= 4 is 27.4 Å². The number of nitrogens with one attached hydrogen (secondary N) is 1. The first-order valence-electron chi connectivity index (χ1n) is 10.9. The highest BCUT2D eigenvalue weighted by molar-refractivity contribution is 7.22. The first-order valence-corrected chi connectivity index (χ1v) is 11.7. The van der Waals surface area contributed by atoms with Gasteiger partial charge in [-0.05, 0) is 38.3 Å². The highest BCUT2D eigenvalue weighted by Gasteiger charge is 2.20. The van der Waals surface area contributed by atoms with Gasteiger partial charge in [-0.25, -0.2) is 15.0 Å². The Kier molecular flexibility index (Phi) is 6.09. The Labute approximate surface area is 187 Å². The molecule has 1 aliphatic carbocycles. The van der Waals surface area contributed by atoms with Crippen LogP contribution in [0.15, 0.2) is 24.7 Å². The molecular weight excluding hydrogens is 406 g/mol. The molecule has 5 rings (SSSR count). The molecule has 0 spiro atoms. The fraction of sp³-hybridized carbons (Fsp3) is 0.478. The van der Waals surface area contributed by atoms with E-state index >= 15 is 0 Å². The topological polar surface area (TPSA) is 73.5 Å². The van der Waals surface area contributed by atoms with Gasteiger partial charge in [0.15, 0.2) is 11.6 Å². The molecule has 0 aromatic carbocycles. The van der Waals surface area contributed by atoms with Crippen LogP contribution in [0, 0.1) is 12.8 Å². The summed E-state index contributed by atoms with van der Waals surface area (Å²) < 4.78 is 3.90. The maximum Gasteiger partial charge on any atom is 0.199 e. The lowest BCUT2D eigenvalue weighted by Gasteiger charge is -2.18. The normalized spacial score (nSPS) is 13.9. The monoisotopic (exact) mass is 437 g/mol. The highest BCUT2D eigenvalue weighted by Crippen LogP contribution is 2.40. The molecule has 7 nitrogen and oxygen atoms in total. The van der Waals surface area contributed by atoms with Crippen molar-refractivity contribution in [3.63, 3.8) is 0 Å². The smallest absolute Gasteiger partial charge is 0.199 e. The van der Waals surface area contributed by atoms with Crippen LogP contribution in [-0.4, -0.2) is 36.3 Å². The van der Waals surface area contributed by atoms with Crippen LogP contribution in [-0.2, 0) is 7.05 Å². The van der Waals surface area contributed by atoms with Gasteiger partial charge >= 0.3 is 0 Å². The number of aryl methyl sites for hydroxylation is 2. The van der Waals surface area contributed by atoms with E-state index in [1.165, 1.54) is 19.3 Å². The van der Waals surface area contributed by atoms with E-state index in [2.05, 4.69) is 44.1 Å². The lowest BCUT2D eigenvalue weighted by Crippen LogP contribution is -2.04. The van der Waals surface area contributed by atoms with Crippen LogP contribution in [0.3, 0.4) is 0 Å². The van der Waals surface area contributed by atoms with Crippen molar-refractivity contribution in [3.05, 3.63) is 30.2 Å². The summed E-state index contributed by atoms with van der Waals surface area (Å²) in [4.78, 5) is 15.9. The van der Waals surface area contributed by atoms with Crippen molar-refractivity contribution in [2.45, 2.75) is 53.0 Å². The number of hydrogen-bond donors (Lipinski definition) is 1. The number of hydrogen-bond acceptors (Lipinski definition) is 6. The molecule has 0 aliphatic heterocycles. The van der Waals surface area contributed by atoms with Crippen molar-refractivity contribution in [2.75, 3.05) is 12.4 Å². The molecule has 4 heterocycles. The molecule has 4 aromatic rings. The molecule has 0 saturated heterocycles. The Morgan fingerprint density at radius 1 is 1.19 bits per heavy atom. The highest BCUT2D eigenvalue weighted by atomic mass is 32.1. The van der Waals surface area contributed by atoms with Crippen LogP contribution in [0.4, 0.5) is 5.82 Å². The Bertz CT molecular complexity index is 1180. The van der Waals surface area contributed by atoms with Crippen LogP contribution in [0.5, 0.6) is 0 Å². The Balaban J connectivity index is 0.000000407. The minimum atomic E-state index is 0.334. The van der Waals surface area contributed by atoms with Crippen LogP contribution in [0.1, 0.15) is 51.6 Å². The molecule has 31 heavy (non-hydrogen) atoms. The predicted octanol–water partition coefficient (Wildman–Crippen LogP) is 5.69. The summed E-state index contributed by atoms with van der Waals surface area (Å²) in [7, 11) is 3.83. The van der Waals surface area contributed by atoms with Crippen molar-refractivity contribution in [1.82, 2.24) is 29.3 Å². The number of fused-ring (bicyclic) bond motifs is 1. The summed E-state index contributed by atoms with van der Waals surface area (Å²) in [6, 6.07) is 2.39. The molecule has 0 unspecified atom stereocenters. The van der Waals surface area contributed by atoms with E-state index in [0.717, 1.165) is 43.9 Å². The van der Waals surface area contributed by atoms with Crippen LogP contribution < -0.4 is 5.32 Å². The largest absolute Gasteiger partial charge is 0.372 e. The van der Waals surface area contributed by atoms with E-state index in [1.807, 2.05) is 35.7 Å². The van der Waals surface area contributed by atoms with Gasteiger partial charge in [-0.2, -0.15) is 5.10 Å². The Hall–Kier alpha value is -2.74. The van der Waals surface area contributed by atoms with Gasteiger partial charge in [0.25, 0.3) is 0 Å². The molecule has 164 valence electrons. The van der Waals surface area contributed by atoms with Gasteiger partial charge in [-0.1, -0.05) is 26.2 Å². The lowest BCUT2D eigenvalue weighted by atomic mass is 9.88. The van der Waals surface area contributed by atoms with Gasteiger partial charge in [0, 0.05) is 38.7 Å². The van der Waals surface area contributed by atoms with Gasteiger partial charge in [0.2, 0.25) is 0 Å². The maximum absolute atomic E-state index is 4.79. The number of imidazole rings is 1. The van der Waals surface area contributed by atoms with E-state index in [0.29, 0.717) is 11.9 Å². The summed E-state index contributed by atoms with van der Waals surface area (Å²) in [6.07, 6.45) is 10.1. The van der Waals surface area contributed by atoms with Crippen LogP contribution >= 0.6 is 11.3 Å². The van der Waals surface area contributed by atoms with Crippen LogP contribution in [0.2, 0.25) is 0 Å². The molecule has 1 saturated carbocycles. The summed E-state index contributed by atoms with van der Waals surface area (Å²) in [5, 5.41) is 8.98. The zero-order chi connectivity index (χ0) is 22.1. The summed E-state index contributed by atoms with van der Waals surface area (Å²) in [6.45, 7) is 8.66. The van der Waals surface area contributed by atoms with E-state index in [1.54, 1.807) is 17.5 Å². The standard InChI is InChI=1S/C18H21N7S.C5H10/c1-10(2)25-8-6-12(23-25)14-11(3)13-15(19-4)21-16(22-18(13)26-14)17-20-7-9-24(17)5;1-5-3-2-4-5/h6-10H,1-5H3,(H,19,21,22);5H,2-4H2,1H3. The summed E-state index contributed by atoms with van der Waals surface area (Å²) >= 11 is 1.64. The van der Waals surface area contributed by atoms with Gasteiger partial charge in [0.1, 0.15) is 16.3 Å². The van der Waals surface area contributed by atoms with Crippen LogP contribution in [0.25, 0.3) is 32.4 Å². The number of aromatic nitrogens is 6. The SMILES string of the molecule is CC1CCC1.CNc1nc(-c2nccn2C)nc2sc(-c3ccn(C(C)C)n3)c(C)c12. The Morgan fingerprint density at radius 3 is 2.45 bits per heavy atom. The molecule has 1 aliphatic rings. The third-order valence-corrected chi connectivity index (χ3v) is 7.02. The molecule has 0 amide bonds. The summed E-state index contributed by atoms with van der Waals surface area (Å²) in [5.74, 6) is 3.25. The van der Waals surface area contributed by atoms with E-state index < -0.39 is 0 Å². The average Bonchev–Trinajstić information content (AvgIpc) is 3.45. The molecule has 1 N–H and O–H groups in total. The van der Waals surface area contributed by atoms with Gasteiger partial charge in [-0.15, -0.1) is 11.3 Å².